The highest BCUT2D eigenvalue weighted by Gasteiger charge is 2.46. The third-order valence-corrected chi connectivity index (χ3v) is 4.72. The molecule has 6 nitrogen and oxygen atoms in total. The molecule has 1 atom stereocenters. The largest absolute Gasteiger partial charge is 0.332 e. The van der Waals surface area contributed by atoms with Crippen molar-refractivity contribution >= 4 is 40.8 Å². The van der Waals surface area contributed by atoms with Crippen LogP contribution in [0.15, 0.2) is 48.5 Å². The fourth-order valence-electron chi connectivity index (χ4n) is 3.18. The summed E-state index contributed by atoms with van der Waals surface area (Å²) in [7, 11) is 0. The van der Waals surface area contributed by atoms with E-state index in [4.69, 9.17) is 11.6 Å². The summed E-state index contributed by atoms with van der Waals surface area (Å²) in [5, 5.41) is 3.12. The molecule has 1 fully saturated rings. The maximum absolute atomic E-state index is 13.0. The van der Waals surface area contributed by atoms with Crippen LogP contribution in [0, 0.1) is 11.7 Å². The molecule has 0 aliphatic carbocycles. The summed E-state index contributed by atoms with van der Waals surface area (Å²) >= 11 is 5.90. The summed E-state index contributed by atoms with van der Waals surface area (Å²) in [6.07, 6.45) is -0.196. The van der Waals surface area contributed by atoms with Crippen molar-refractivity contribution in [1.29, 1.82) is 0 Å². The zero-order valence-corrected chi connectivity index (χ0v) is 16.8. The van der Waals surface area contributed by atoms with Gasteiger partial charge in [0, 0.05) is 17.3 Å². The lowest BCUT2D eigenvalue weighted by Crippen LogP contribution is -2.40. The number of carbonyl (C=O) groups is 3. The second kappa shape index (κ2) is 8.61. The van der Waals surface area contributed by atoms with Crippen molar-refractivity contribution < 1.29 is 18.8 Å². The topological polar surface area (TPSA) is 69.7 Å². The Kier molecular flexibility index (Phi) is 6.17. The van der Waals surface area contributed by atoms with E-state index in [1.807, 2.05) is 13.8 Å². The van der Waals surface area contributed by atoms with Gasteiger partial charge in [-0.1, -0.05) is 25.4 Å². The van der Waals surface area contributed by atoms with Gasteiger partial charge in [-0.25, -0.2) is 14.1 Å². The summed E-state index contributed by atoms with van der Waals surface area (Å²) in [6.45, 7) is 4.19. The van der Waals surface area contributed by atoms with E-state index in [1.165, 1.54) is 29.2 Å². The number of benzene rings is 2. The molecule has 3 rings (SSSR count). The van der Waals surface area contributed by atoms with Crippen molar-refractivity contribution in [3.05, 3.63) is 59.4 Å². The Balaban J connectivity index is 1.81. The maximum atomic E-state index is 13.0. The minimum absolute atomic E-state index is 0.111. The minimum atomic E-state index is -0.916. The van der Waals surface area contributed by atoms with Crippen LogP contribution in [0.25, 0.3) is 0 Å². The van der Waals surface area contributed by atoms with Gasteiger partial charge in [0.1, 0.15) is 11.9 Å². The smallest absolute Gasteiger partial charge is 0.326 e. The average Bonchev–Trinajstić information content (AvgIpc) is 2.88. The molecule has 0 saturated carbocycles. The van der Waals surface area contributed by atoms with Crippen molar-refractivity contribution in [2.45, 2.75) is 26.3 Å². The van der Waals surface area contributed by atoms with Crippen LogP contribution >= 0.6 is 11.6 Å². The summed E-state index contributed by atoms with van der Waals surface area (Å²) in [6, 6.07) is 10.3. The van der Waals surface area contributed by atoms with E-state index in [-0.39, 0.29) is 12.3 Å². The van der Waals surface area contributed by atoms with E-state index < -0.39 is 29.7 Å². The van der Waals surface area contributed by atoms with E-state index in [2.05, 4.69) is 5.32 Å². The van der Waals surface area contributed by atoms with E-state index in [0.717, 1.165) is 4.90 Å². The van der Waals surface area contributed by atoms with E-state index in [9.17, 15) is 18.8 Å². The van der Waals surface area contributed by atoms with Crippen LogP contribution in [-0.4, -0.2) is 35.3 Å². The summed E-state index contributed by atoms with van der Waals surface area (Å²) in [5.74, 6) is -1.21. The van der Waals surface area contributed by atoms with Gasteiger partial charge in [-0.2, -0.15) is 0 Å². The average molecular weight is 418 g/mol. The number of halogens is 2. The lowest BCUT2D eigenvalue weighted by Gasteiger charge is -2.23. The van der Waals surface area contributed by atoms with Crippen LogP contribution in [0.4, 0.5) is 20.6 Å². The Morgan fingerprint density at radius 1 is 1.10 bits per heavy atom. The van der Waals surface area contributed by atoms with Crippen LogP contribution in [0.2, 0.25) is 5.02 Å². The van der Waals surface area contributed by atoms with Gasteiger partial charge in [0.2, 0.25) is 5.91 Å². The van der Waals surface area contributed by atoms with Gasteiger partial charge in [0.25, 0.3) is 5.91 Å². The number of nitrogens with zero attached hydrogens (tertiary/aromatic N) is 2. The van der Waals surface area contributed by atoms with Crippen molar-refractivity contribution in [2.75, 3.05) is 16.8 Å². The molecule has 0 bridgehead atoms. The Labute approximate surface area is 173 Å². The molecule has 1 N–H and O–H groups in total. The van der Waals surface area contributed by atoms with Crippen LogP contribution < -0.4 is 10.2 Å². The maximum Gasteiger partial charge on any atom is 0.332 e. The molecule has 1 heterocycles. The molecule has 1 aliphatic heterocycles. The van der Waals surface area contributed by atoms with Gasteiger partial charge >= 0.3 is 6.03 Å². The Bertz CT molecular complexity index is 916. The molecular weight excluding hydrogens is 397 g/mol. The molecule has 2 aromatic rings. The number of hydrogen-bond donors (Lipinski definition) is 1. The molecule has 8 heteroatoms. The highest BCUT2D eigenvalue weighted by molar-refractivity contribution is 6.30. The van der Waals surface area contributed by atoms with Gasteiger partial charge < -0.3 is 10.2 Å². The summed E-state index contributed by atoms with van der Waals surface area (Å²) in [5.41, 5.74) is 0.817. The first-order chi connectivity index (χ1) is 13.8. The lowest BCUT2D eigenvalue weighted by atomic mass is 10.1. The monoisotopic (exact) mass is 417 g/mol. The highest BCUT2D eigenvalue weighted by Crippen LogP contribution is 2.28. The first-order valence-corrected chi connectivity index (χ1v) is 9.59. The van der Waals surface area contributed by atoms with Crippen LogP contribution in [0.3, 0.4) is 0 Å². The van der Waals surface area contributed by atoms with Crippen molar-refractivity contribution in [1.82, 2.24) is 4.90 Å². The minimum Gasteiger partial charge on any atom is -0.326 e. The molecule has 4 amide bonds. The van der Waals surface area contributed by atoms with Crippen LogP contribution in [0.5, 0.6) is 0 Å². The Hall–Kier alpha value is -2.93. The number of imide groups is 1. The zero-order chi connectivity index (χ0) is 21.1. The van der Waals surface area contributed by atoms with Gasteiger partial charge in [-0.3, -0.25) is 9.59 Å². The number of amides is 4. The number of carbonyl (C=O) groups excluding carboxylic acids is 3. The predicted molar refractivity (Wildman–Crippen MR) is 109 cm³/mol. The van der Waals surface area contributed by atoms with E-state index in [0.29, 0.717) is 22.9 Å². The number of hydrogen-bond acceptors (Lipinski definition) is 3. The molecule has 0 unspecified atom stereocenters. The van der Waals surface area contributed by atoms with E-state index >= 15 is 0 Å². The van der Waals surface area contributed by atoms with Crippen LogP contribution in [0.1, 0.15) is 20.3 Å². The van der Waals surface area contributed by atoms with Gasteiger partial charge in [0.15, 0.2) is 0 Å². The number of nitrogens with one attached hydrogen (secondary N) is 1. The third-order valence-electron chi connectivity index (χ3n) is 4.47. The van der Waals surface area contributed by atoms with Crippen LogP contribution in [-0.2, 0) is 9.59 Å². The SMILES string of the molecule is CC(C)CN1C(=O)N(c2ccc(Cl)cc2)C(=O)[C@H]1CC(=O)Nc1ccc(F)cc1. The zero-order valence-electron chi connectivity index (χ0n) is 16.1. The number of anilines is 2. The normalized spacial score (nSPS) is 16.7. The van der Waals surface area contributed by atoms with Crippen molar-refractivity contribution in [2.24, 2.45) is 5.92 Å². The lowest BCUT2D eigenvalue weighted by molar-refractivity contribution is -0.124. The summed E-state index contributed by atoms with van der Waals surface area (Å²) in [4.78, 5) is 41.0. The highest BCUT2D eigenvalue weighted by atomic mass is 35.5. The first kappa shape index (κ1) is 20.8. The van der Waals surface area contributed by atoms with Crippen molar-refractivity contribution in [3.8, 4) is 0 Å². The molecule has 0 radical (unpaired) electrons. The Morgan fingerprint density at radius 2 is 1.72 bits per heavy atom. The fourth-order valence-corrected chi connectivity index (χ4v) is 3.31. The van der Waals surface area contributed by atoms with Gasteiger partial charge in [-0.15, -0.1) is 0 Å². The third kappa shape index (κ3) is 4.74. The number of urea groups is 1. The van der Waals surface area contributed by atoms with Crippen molar-refractivity contribution in [3.63, 3.8) is 0 Å². The van der Waals surface area contributed by atoms with Gasteiger partial charge in [0.05, 0.1) is 12.1 Å². The standard InChI is InChI=1S/C21H21ClFN3O3/c1-13(2)12-25-18(11-19(27)24-16-7-5-15(23)6-8-16)20(28)26(21(25)29)17-9-3-14(22)4-10-17/h3-10,13,18H,11-12H2,1-2H3,(H,24,27)/t18-/m1/s1. The van der Waals surface area contributed by atoms with E-state index in [1.54, 1.807) is 24.3 Å². The van der Waals surface area contributed by atoms with Gasteiger partial charge in [-0.05, 0) is 54.4 Å². The fraction of sp³-hybridized carbons (Fsp3) is 0.286. The molecule has 1 saturated heterocycles. The first-order valence-electron chi connectivity index (χ1n) is 9.22. The molecule has 0 aromatic heterocycles. The predicted octanol–water partition coefficient (Wildman–Crippen LogP) is 4.30. The number of rotatable bonds is 6. The quantitative estimate of drug-likeness (QED) is 0.712. The molecular formula is C21H21ClFN3O3. The molecule has 29 heavy (non-hydrogen) atoms. The second-order valence-electron chi connectivity index (χ2n) is 7.25. The Morgan fingerprint density at radius 3 is 2.31 bits per heavy atom. The summed E-state index contributed by atoms with van der Waals surface area (Å²) < 4.78 is 13.0. The molecule has 2 aromatic carbocycles. The second-order valence-corrected chi connectivity index (χ2v) is 7.69. The molecule has 0 spiro atoms. The molecule has 1 aliphatic rings. The molecule has 152 valence electrons.